The Balaban J connectivity index is 1.32. The molecule has 0 bridgehead atoms. The molecule has 0 aliphatic heterocycles. The summed E-state index contributed by atoms with van der Waals surface area (Å²) in [5.74, 6) is 0. The maximum absolute atomic E-state index is 11.3. The van der Waals surface area contributed by atoms with Crippen LogP contribution < -0.4 is 37.4 Å². The maximum atomic E-state index is 11.3. The van der Waals surface area contributed by atoms with Crippen molar-refractivity contribution in [2.75, 3.05) is 26.5 Å². The first-order valence-corrected chi connectivity index (χ1v) is 18.8. The average Bonchev–Trinajstić information content (AvgIpc) is 3.19. The lowest BCUT2D eigenvalue weighted by molar-refractivity contribution is -0.384. The number of hydrogen-bond donors (Lipinski definition) is 4. The molecule has 0 fully saturated rings. The summed E-state index contributed by atoms with van der Waals surface area (Å²) in [6, 6.07) is 47.1. The number of benzene rings is 5. The summed E-state index contributed by atoms with van der Waals surface area (Å²) in [7, 11) is -0.461. The summed E-state index contributed by atoms with van der Waals surface area (Å²) >= 11 is 10.9. The van der Waals surface area contributed by atoms with Gasteiger partial charge >= 0.3 is 0 Å². The lowest BCUT2D eigenvalue weighted by Crippen LogP contribution is -2.37. The fraction of sp³-hybridized carbons (Fsp3) is 0.105. The monoisotopic (exact) mass is 734 g/mol. The molecule has 0 amide bonds. The highest BCUT2D eigenvalue weighted by Gasteiger charge is 2.45. The molecule has 10 nitrogen and oxygen atoms in total. The molecule has 0 heterocycles. The van der Waals surface area contributed by atoms with Gasteiger partial charge in [0.25, 0.3) is 5.69 Å². The SMILES string of the molecule is CNC(=S)N/N=C(/C(=N/NC(=S)NCCOC[P+](c1ccccc1)(c1ccccc1)c1ccccc1)c1ccccc1)c1ccc([N+](=O)[O-])cc1. The number of nitro groups is 1. The maximum Gasteiger partial charge on any atom is 0.269 e. The summed E-state index contributed by atoms with van der Waals surface area (Å²) in [6.07, 6.45) is 0.514. The van der Waals surface area contributed by atoms with Gasteiger partial charge in [-0.05, 0) is 73.0 Å². The van der Waals surface area contributed by atoms with Crippen LogP contribution in [0.3, 0.4) is 0 Å². The van der Waals surface area contributed by atoms with Crippen molar-refractivity contribution < 1.29 is 9.66 Å². The van der Waals surface area contributed by atoms with Crippen molar-refractivity contribution in [1.82, 2.24) is 21.5 Å². The predicted octanol–water partition coefficient (Wildman–Crippen LogP) is 5.23. The summed E-state index contributed by atoms with van der Waals surface area (Å²) in [5.41, 5.74) is 7.82. The van der Waals surface area contributed by atoms with E-state index in [1.165, 1.54) is 28.0 Å². The Bertz CT molecular complexity index is 1870. The topological polar surface area (TPSA) is 125 Å². The van der Waals surface area contributed by atoms with Crippen LogP contribution in [0.25, 0.3) is 0 Å². The van der Waals surface area contributed by atoms with E-state index in [2.05, 4.69) is 104 Å². The van der Waals surface area contributed by atoms with Crippen LogP contribution in [0.4, 0.5) is 5.69 Å². The third-order valence-corrected chi connectivity index (χ3v) is 12.4. The standard InChI is InChI=1S/C38H36N7O3PS2/c1-39-37(50)43-41-36(30-22-24-31(25-23-30)45(46)47)35(29-14-6-2-7-15-29)42-44-38(51)40-26-27-48-28-49(32-16-8-3-9-17-32,33-18-10-4-11-19-33)34-20-12-5-13-21-34/h2-25H,26-28H2,1H3,(H3-,39,40,41,42,43,44,50,51)/p+1. The Labute approximate surface area is 308 Å². The number of rotatable bonds is 14. The molecular weight excluding hydrogens is 698 g/mol. The molecule has 0 aliphatic carbocycles. The van der Waals surface area contributed by atoms with Crippen LogP contribution in [-0.2, 0) is 4.74 Å². The van der Waals surface area contributed by atoms with Crippen LogP contribution >= 0.6 is 31.7 Å². The van der Waals surface area contributed by atoms with Crippen LogP contribution in [0.1, 0.15) is 11.1 Å². The summed E-state index contributed by atoms with van der Waals surface area (Å²) in [4.78, 5) is 10.9. The first-order chi connectivity index (χ1) is 24.9. The highest BCUT2D eigenvalue weighted by Crippen LogP contribution is 2.55. The third kappa shape index (κ3) is 9.65. The Morgan fingerprint density at radius 2 is 1.10 bits per heavy atom. The fourth-order valence-corrected chi connectivity index (χ4v) is 9.29. The van der Waals surface area contributed by atoms with Crippen LogP contribution in [0, 0.1) is 10.1 Å². The number of hydrazone groups is 2. The number of thiocarbonyl (C=S) groups is 2. The zero-order valence-corrected chi connectivity index (χ0v) is 30.3. The van der Waals surface area contributed by atoms with Crippen molar-refractivity contribution in [3.8, 4) is 0 Å². The first-order valence-electron chi connectivity index (χ1n) is 16.0. The minimum atomic E-state index is -2.13. The molecule has 0 saturated heterocycles. The molecule has 0 radical (unpaired) electrons. The van der Waals surface area contributed by atoms with E-state index < -0.39 is 12.2 Å². The van der Waals surface area contributed by atoms with Gasteiger partial charge in [-0.1, -0.05) is 84.9 Å². The molecule has 0 saturated carbocycles. The number of hydrogen-bond acceptors (Lipinski definition) is 7. The first kappa shape index (κ1) is 36.9. The van der Waals surface area contributed by atoms with Crippen LogP contribution in [0.15, 0.2) is 156 Å². The highest BCUT2D eigenvalue weighted by molar-refractivity contribution is 7.95. The molecule has 0 aliphatic rings. The molecule has 13 heteroatoms. The molecular formula is C38H37N7O3PS2+. The number of nitrogens with zero attached hydrogens (tertiary/aromatic N) is 3. The normalized spacial score (nSPS) is 11.7. The van der Waals surface area contributed by atoms with Gasteiger partial charge in [-0.25, -0.2) is 0 Å². The van der Waals surface area contributed by atoms with Gasteiger partial charge in [-0.2, -0.15) is 10.2 Å². The van der Waals surface area contributed by atoms with Crippen molar-refractivity contribution in [3.05, 3.63) is 167 Å². The van der Waals surface area contributed by atoms with E-state index in [-0.39, 0.29) is 15.9 Å². The second-order valence-electron chi connectivity index (χ2n) is 11.0. The molecule has 0 unspecified atom stereocenters. The summed E-state index contributed by atoms with van der Waals surface area (Å²) < 4.78 is 6.47. The van der Waals surface area contributed by atoms with Gasteiger partial charge in [0, 0.05) is 36.9 Å². The zero-order chi connectivity index (χ0) is 35.9. The van der Waals surface area contributed by atoms with Gasteiger partial charge in [0.05, 0.1) is 11.5 Å². The third-order valence-electron chi connectivity index (χ3n) is 7.80. The quantitative estimate of drug-likeness (QED) is 0.0303. The van der Waals surface area contributed by atoms with Gasteiger partial charge in [0.15, 0.2) is 16.6 Å². The molecule has 258 valence electrons. The van der Waals surface area contributed by atoms with Gasteiger partial charge in [0.2, 0.25) is 0 Å². The largest absolute Gasteiger partial charge is 0.364 e. The van der Waals surface area contributed by atoms with E-state index >= 15 is 0 Å². The molecule has 0 spiro atoms. The van der Waals surface area contributed by atoms with Crippen molar-refractivity contribution >= 4 is 74.9 Å². The van der Waals surface area contributed by atoms with Gasteiger partial charge in [0.1, 0.15) is 34.6 Å². The minimum absolute atomic E-state index is 0.0450. The van der Waals surface area contributed by atoms with E-state index in [0.717, 1.165) is 5.56 Å². The summed E-state index contributed by atoms with van der Waals surface area (Å²) in [5, 5.41) is 30.8. The lowest BCUT2D eigenvalue weighted by Gasteiger charge is -2.27. The summed E-state index contributed by atoms with van der Waals surface area (Å²) in [6.45, 7) is 0.827. The Kier molecular flexibility index (Phi) is 13.4. The van der Waals surface area contributed by atoms with Crippen LogP contribution in [0.5, 0.6) is 0 Å². The molecule has 0 aromatic heterocycles. The number of non-ortho nitro benzene ring substituents is 1. The van der Waals surface area contributed by atoms with E-state index in [4.69, 9.17) is 29.2 Å². The Morgan fingerprint density at radius 3 is 1.55 bits per heavy atom. The highest BCUT2D eigenvalue weighted by atomic mass is 32.1. The van der Waals surface area contributed by atoms with Gasteiger partial charge in [-0.15, -0.1) is 0 Å². The van der Waals surface area contributed by atoms with Crippen molar-refractivity contribution in [2.24, 2.45) is 10.2 Å². The molecule has 5 aromatic carbocycles. The second-order valence-corrected chi connectivity index (χ2v) is 15.2. The number of ether oxygens (including phenoxy) is 1. The van der Waals surface area contributed by atoms with Gasteiger partial charge < -0.3 is 15.4 Å². The van der Waals surface area contributed by atoms with E-state index in [1.54, 1.807) is 19.2 Å². The minimum Gasteiger partial charge on any atom is -0.364 e. The average molecular weight is 735 g/mol. The fourth-order valence-electron chi connectivity index (χ4n) is 5.31. The van der Waals surface area contributed by atoms with Crippen LogP contribution in [0.2, 0.25) is 0 Å². The van der Waals surface area contributed by atoms with E-state index in [9.17, 15) is 10.1 Å². The van der Waals surface area contributed by atoms with Gasteiger partial charge in [-0.3, -0.25) is 21.0 Å². The van der Waals surface area contributed by atoms with Crippen LogP contribution in [-0.4, -0.2) is 53.1 Å². The second kappa shape index (κ2) is 18.6. The Hall–Kier alpha value is -5.39. The lowest BCUT2D eigenvalue weighted by atomic mass is 9.99. The smallest absolute Gasteiger partial charge is 0.269 e. The zero-order valence-electron chi connectivity index (χ0n) is 27.8. The molecule has 5 aromatic rings. The molecule has 0 atom stereocenters. The number of nitrogens with one attached hydrogen (secondary N) is 4. The predicted molar refractivity (Wildman–Crippen MR) is 217 cm³/mol. The number of nitro benzene ring substituents is 1. The van der Waals surface area contributed by atoms with Crippen molar-refractivity contribution in [1.29, 1.82) is 0 Å². The van der Waals surface area contributed by atoms with E-state index in [1.807, 2.05) is 48.5 Å². The van der Waals surface area contributed by atoms with Crippen molar-refractivity contribution in [2.45, 2.75) is 0 Å². The van der Waals surface area contributed by atoms with Crippen molar-refractivity contribution in [3.63, 3.8) is 0 Å². The Morgan fingerprint density at radius 1 is 0.667 bits per heavy atom. The van der Waals surface area contributed by atoms with E-state index in [0.29, 0.717) is 36.5 Å². The molecule has 51 heavy (non-hydrogen) atoms. The molecule has 5 rings (SSSR count). The molecule has 4 N–H and O–H groups in total.